The van der Waals surface area contributed by atoms with E-state index in [1.54, 1.807) is 26.0 Å². The molecule has 0 saturated heterocycles. The van der Waals surface area contributed by atoms with Gasteiger partial charge in [-0.3, -0.25) is 4.79 Å². The van der Waals surface area contributed by atoms with E-state index in [2.05, 4.69) is 6.58 Å². The van der Waals surface area contributed by atoms with Gasteiger partial charge >= 0.3 is 11.9 Å². The maximum atomic E-state index is 13.4. The molecule has 172 valence electrons. The fourth-order valence-electron chi connectivity index (χ4n) is 3.85. The Morgan fingerprint density at radius 3 is 2.15 bits per heavy atom. The van der Waals surface area contributed by atoms with Crippen molar-refractivity contribution in [2.45, 2.75) is 33.1 Å². The van der Waals surface area contributed by atoms with Gasteiger partial charge in [-0.15, -0.1) is 6.58 Å². The summed E-state index contributed by atoms with van der Waals surface area (Å²) in [7, 11) is 1.48. The second-order valence-electron chi connectivity index (χ2n) is 7.67. The van der Waals surface area contributed by atoms with E-state index in [4.69, 9.17) is 9.15 Å². The molecule has 3 rings (SSSR count). The van der Waals surface area contributed by atoms with Crippen molar-refractivity contribution in [1.82, 2.24) is 0 Å². The van der Waals surface area contributed by atoms with Gasteiger partial charge in [0.1, 0.15) is 22.5 Å². The van der Waals surface area contributed by atoms with E-state index in [1.165, 1.54) is 19.2 Å². The number of benzene rings is 2. The van der Waals surface area contributed by atoms with Crippen LogP contribution in [0.2, 0.25) is 0 Å². The standard InChI is InChI=1S/C25H24O8/c1-5-15-17(24(28)29)16(11-6-12(2)3)23-18(20(15)26)21(27)19(25(30)31)22(33-23)13-7-9-14(32-4)10-8-13/h7-10,26H,2,5-6,11H2,1,3-4H3,(H,28,29)(H,30,31). The van der Waals surface area contributed by atoms with Crippen LogP contribution in [0.15, 0.2) is 45.6 Å². The predicted molar refractivity (Wildman–Crippen MR) is 123 cm³/mol. The molecule has 8 nitrogen and oxygen atoms in total. The average molecular weight is 452 g/mol. The third kappa shape index (κ3) is 4.19. The van der Waals surface area contributed by atoms with E-state index in [1.807, 2.05) is 0 Å². The third-order valence-corrected chi connectivity index (χ3v) is 5.45. The van der Waals surface area contributed by atoms with Crippen LogP contribution in [-0.2, 0) is 12.8 Å². The lowest BCUT2D eigenvalue weighted by atomic mass is 9.90. The molecule has 0 aliphatic heterocycles. The highest BCUT2D eigenvalue weighted by Gasteiger charge is 2.30. The van der Waals surface area contributed by atoms with Crippen LogP contribution in [0.3, 0.4) is 0 Å². The van der Waals surface area contributed by atoms with Crippen LogP contribution in [0, 0.1) is 0 Å². The molecule has 0 aliphatic carbocycles. The number of carboxylic acids is 2. The Balaban J connectivity index is 2.54. The largest absolute Gasteiger partial charge is 0.507 e. The number of allylic oxidation sites excluding steroid dienone is 1. The Bertz CT molecular complexity index is 1330. The normalized spacial score (nSPS) is 10.9. The molecule has 0 atom stereocenters. The van der Waals surface area contributed by atoms with E-state index >= 15 is 0 Å². The highest BCUT2D eigenvalue weighted by atomic mass is 16.5. The average Bonchev–Trinajstić information content (AvgIpc) is 2.77. The van der Waals surface area contributed by atoms with Crippen molar-refractivity contribution in [1.29, 1.82) is 0 Å². The number of hydrogen-bond donors (Lipinski definition) is 3. The van der Waals surface area contributed by atoms with Gasteiger partial charge in [-0.1, -0.05) is 12.5 Å². The van der Waals surface area contributed by atoms with Gasteiger partial charge in [-0.05, 0) is 50.5 Å². The smallest absolute Gasteiger partial charge is 0.343 e. The van der Waals surface area contributed by atoms with Crippen molar-refractivity contribution >= 4 is 22.9 Å². The number of phenolic OH excluding ortho intramolecular Hbond substituents is 1. The summed E-state index contributed by atoms with van der Waals surface area (Å²) in [5, 5.41) is 30.2. The number of aromatic carboxylic acids is 2. The van der Waals surface area contributed by atoms with Crippen molar-refractivity contribution in [2.24, 2.45) is 0 Å². The Kier molecular flexibility index (Phi) is 6.57. The summed E-state index contributed by atoms with van der Waals surface area (Å²) >= 11 is 0. The number of methoxy groups -OCH3 is 1. The first kappa shape index (κ1) is 23.6. The molecule has 8 heteroatoms. The zero-order chi connectivity index (χ0) is 24.4. The highest BCUT2D eigenvalue weighted by Crippen LogP contribution is 2.38. The fraction of sp³-hybridized carbons (Fsp3) is 0.240. The molecule has 0 aliphatic rings. The number of rotatable bonds is 8. The van der Waals surface area contributed by atoms with Crippen LogP contribution >= 0.6 is 0 Å². The molecule has 0 fully saturated rings. The zero-order valence-electron chi connectivity index (χ0n) is 18.5. The molecule has 0 radical (unpaired) electrons. The van der Waals surface area contributed by atoms with Crippen LogP contribution in [0.25, 0.3) is 22.3 Å². The summed E-state index contributed by atoms with van der Waals surface area (Å²) in [5.41, 5.74) is -0.583. The molecule has 3 N–H and O–H groups in total. The van der Waals surface area contributed by atoms with Crippen LogP contribution in [0.5, 0.6) is 11.5 Å². The summed E-state index contributed by atoms with van der Waals surface area (Å²) in [6.45, 7) is 7.27. The number of fused-ring (bicyclic) bond motifs is 1. The van der Waals surface area contributed by atoms with E-state index in [0.717, 1.165) is 5.57 Å². The molecule has 3 aromatic rings. The number of aryl methyl sites for hydroxylation is 1. The van der Waals surface area contributed by atoms with Gasteiger partial charge in [0.2, 0.25) is 5.43 Å². The minimum absolute atomic E-state index is 0.0487. The van der Waals surface area contributed by atoms with Gasteiger partial charge in [0.05, 0.1) is 12.7 Å². The van der Waals surface area contributed by atoms with Crippen molar-refractivity contribution in [3.63, 3.8) is 0 Å². The Morgan fingerprint density at radius 2 is 1.67 bits per heavy atom. The second kappa shape index (κ2) is 9.20. The Labute approximate surface area is 189 Å². The molecule has 0 bridgehead atoms. The summed E-state index contributed by atoms with van der Waals surface area (Å²) in [6, 6.07) is 6.21. The van der Waals surface area contributed by atoms with Gasteiger partial charge in [0.15, 0.2) is 11.3 Å². The fourth-order valence-corrected chi connectivity index (χ4v) is 3.85. The van der Waals surface area contributed by atoms with E-state index in [0.29, 0.717) is 12.2 Å². The molecule has 33 heavy (non-hydrogen) atoms. The third-order valence-electron chi connectivity index (χ3n) is 5.45. The molecule has 0 unspecified atom stereocenters. The van der Waals surface area contributed by atoms with Crippen molar-refractivity contribution in [3.05, 3.63) is 68.9 Å². The molecule has 1 aromatic heterocycles. The highest BCUT2D eigenvalue weighted by molar-refractivity contribution is 6.04. The Hall–Kier alpha value is -4.07. The molecule has 0 amide bonds. The van der Waals surface area contributed by atoms with Gasteiger partial charge in [0.25, 0.3) is 0 Å². The maximum Gasteiger partial charge on any atom is 0.343 e. The molecule has 2 aromatic carbocycles. The van der Waals surface area contributed by atoms with Crippen LogP contribution in [0.1, 0.15) is 52.1 Å². The lowest BCUT2D eigenvalue weighted by Gasteiger charge is -2.17. The van der Waals surface area contributed by atoms with Crippen LogP contribution < -0.4 is 10.2 Å². The number of phenols is 1. The van der Waals surface area contributed by atoms with Gasteiger partial charge in [-0.2, -0.15) is 0 Å². The van der Waals surface area contributed by atoms with Crippen LogP contribution in [-0.4, -0.2) is 34.4 Å². The number of ether oxygens (including phenoxy) is 1. The molecular formula is C25H24O8. The molecule has 0 saturated carbocycles. The topological polar surface area (TPSA) is 134 Å². The summed E-state index contributed by atoms with van der Waals surface area (Å²) in [5.74, 6) is -3.11. The van der Waals surface area contributed by atoms with Crippen molar-refractivity contribution in [3.8, 4) is 22.8 Å². The van der Waals surface area contributed by atoms with Crippen molar-refractivity contribution < 1.29 is 34.1 Å². The quantitative estimate of drug-likeness (QED) is 0.421. The van der Waals surface area contributed by atoms with E-state index in [9.17, 15) is 29.7 Å². The first-order valence-electron chi connectivity index (χ1n) is 10.2. The minimum atomic E-state index is -1.53. The number of carbonyl (C=O) groups is 2. The lowest BCUT2D eigenvalue weighted by Crippen LogP contribution is -2.19. The van der Waals surface area contributed by atoms with E-state index < -0.39 is 28.7 Å². The maximum absolute atomic E-state index is 13.4. The Morgan fingerprint density at radius 1 is 1.06 bits per heavy atom. The second-order valence-corrected chi connectivity index (χ2v) is 7.67. The summed E-state index contributed by atoms with van der Waals surface area (Å²) in [4.78, 5) is 37.6. The first-order chi connectivity index (χ1) is 15.6. The van der Waals surface area contributed by atoms with E-state index in [-0.39, 0.29) is 51.8 Å². The number of hydrogen-bond acceptors (Lipinski definition) is 6. The molecule has 1 heterocycles. The SMILES string of the molecule is C=C(C)CCc1c(C(=O)O)c(CC)c(O)c2c(=O)c(C(=O)O)c(-c3ccc(OC)cc3)oc12. The van der Waals surface area contributed by atoms with Gasteiger partial charge in [0, 0.05) is 16.7 Å². The monoisotopic (exact) mass is 452 g/mol. The summed E-state index contributed by atoms with van der Waals surface area (Å²) < 4.78 is 11.1. The van der Waals surface area contributed by atoms with Crippen LogP contribution in [0.4, 0.5) is 0 Å². The lowest BCUT2D eigenvalue weighted by molar-refractivity contribution is 0.0682. The number of aromatic hydroxyl groups is 1. The van der Waals surface area contributed by atoms with Gasteiger partial charge < -0.3 is 24.5 Å². The molecule has 0 spiro atoms. The first-order valence-corrected chi connectivity index (χ1v) is 10.2. The summed E-state index contributed by atoms with van der Waals surface area (Å²) in [6.07, 6.45) is 0.704. The number of carboxylic acid groups (broad SMARTS) is 2. The minimum Gasteiger partial charge on any atom is -0.507 e. The van der Waals surface area contributed by atoms with Crippen molar-refractivity contribution in [2.75, 3.05) is 7.11 Å². The molecular weight excluding hydrogens is 428 g/mol. The zero-order valence-corrected chi connectivity index (χ0v) is 18.5. The van der Waals surface area contributed by atoms with Gasteiger partial charge in [-0.25, -0.2) is 9.59 Å². The predicted octanol–water partition coefficient (Wildman–Crippen LogP) is 4.64.